The molecule has 3 rings (SSSR count). The first-order valence-corrected chi connectivity index (χ1v) is 9.14. The number of aromatic nitrogens is 3. The third-order valence-corrected chi connectivity index (χ3v) is 5.63. The molecule has 26 heavy (non-hydrogen) atoms. The molecule has 1 aromatic carbocycles. The molecular formula is C15H12ClF3N4O2S. The Balaban J connectivity index is 1.96. The van der Waals surface area contributed by atoms with Gasteiger partial charge >= 0.3 is 6.18 Å². The minimum atomic E-state index is -4.69. The van der Waals surface area contributed by atoms with Crippen molar-refractivity contribution < 1.29 is 21.6 Å². The van der Waals surface area contributed by atoms with Crippen molar-refractivity contribution in [1.82, 2.24) is 19.3 Å². The van der Waals surface area contributed by atoms with Gasteiger partial charge in [0.05, 0.1) is 16.6 Å². The summed E-state index contributed by atoms with van der Waals surface area (Å²) in [5.41, 5.74) is -0.603. The van der Waals surface area contributed by atoms with Crippen LogP contribution in [-0.2, 0) is 16.2 Å². The van der Waals surface area contributed by atoms with Gasteiger partial charge in [-0.2, -0.15) is 13.2 Å². The van der Waals surface area contributed by atoms with Crippen LogP contribution in [0.25, 0.3) is 5.65 Å². The summed E-state index contributed by atoms with van der Waals surface area (Å²) in [6.07, 6.45) is -3.05. The fourth-order valence-electron chi connectivity index (χ4n) is 2.39. The summed E-state index contributed by atoms with van der Waals surface area (Å²) in [5.74, 6) is 0.285. The molecule has 1 unspecified atom stereocenters. The Kier molecular flexibility index (Phi) is 4.67. The van der Waals surface area contributed by atoms with Gasteiger partial charge in [-0.3, -0.25) is 4.40 Å². The van der Waals surface area contributed by atoms with Gasteiger partial charge in [0.25, 0.3) is 0 Å². The molecule has 6 nitrogen and oxygen atoms in total. The number of fused-ring (bicyclic) bond motifs is 1. The number of halogens is 4. The van der Waals surface area contributed by atoms with Crippen LogP contribution in [0.4, 0.5) is 13.2 Å². The molecule has 2 heterocycles. The molecule has 0 spiro atoms. The van der Waals surface area contributed by atoms with E-state index < -0.39 is 32.7 Å². The Morgan fingerprint density at radius 3 is 2.62 bits per heavy atom. The molecule has 0 saturated heterocycles. The number of hydrogen-bond donors (Lipinski definition) is 1. The average molecular weight is 405 g/mol. The normalized spacial score (nSPS) is 13.9. The van der Waals surface area contributed by atoms with Crippen molar-refractivity contribution >= 4 is 27.3 Å². The summed E-state index contributed by atoms with van der Waals surface area (Å²) >= 11 is 5.81. The number of alkyl halides is 3. The number of rotatable bonds is 4. The zero-order chi connectivity index (χ0) is 19.1. The minimum absolute atomic E-state index is 0.285. The van der Waals surface area contributed by atoms with Gasteiger partial charge in [-0.1, -0.05) is 17.7 Å². The molecule has 11 heteroatoms. The molecule has 0 saturated carbocycles. The highest BCUT2D eigenvalue weighted by Crippen LogP contribution is 2.33. The maximum atomic E-state index is 12.9. The van der Waals surface area contributed by atoms with Crippen LogP contribution in [0, 0.1) is 0 Å². The zero-order valence-electron chi connectivity index (χ0n) is 13.2. The van der Waals surface area contributed by atoms with Crippen LogP contribution in [0.5, 0.6) is 0 Å². The second-order valence-corrected chi connectivity index (χ2v) is 7.56. The van der Waals surface area contributed by atoms with Crippen molar-refractivity contribution in [2.45, 2.75) is 24.0 Å². The maximum absolute atomic E-state index is 12.9. The summed E-state index contributed by atoms with van der Waals surface area (Å²) in [6.45, 7) is 1.50. The summed E-state index contributed by atoms with van der Waals surface area (Å²) in [7, 11) is -4.33. The van der Waals surface area contributed by atoms with E-state index in [9.17, 15) is 21.6 Å². The molecule has 1 atom stereocenters. The molecule has 0 bridgehead atoms. The van der Waals surface area contributed by atoms with E-state index in [0.717, 1.165) is 12.1 Å². The van der Waals surface area contributed by atoms with Crippen molar-refractivity contribution in [3.05, 3.63) is 59.0 Å². The predicted molar refractivity (Wildman–Crippen MR) is 88.2 cm³/mol. The molecule has 0 fully saturated rings. The monoisotopic (exact) mass is 404 g/mol. The Bertz CT molecular complexity index is 1070. The fourth-order valence-corrected chi connectivity index (χ4v) is 4.12. The lowest BCUT2D eigenvalue weighted by molar-refractivity contribution is -0.137. The van der Waals surface area contributed by atoms with Gasteiger partial charge in [0.15, 0.2) is 11.5 Å². The predicted octanol–water partition coefficient (Wildman–Crippen LogP) is 3.44. The van der Waals surface area contributed by atoms with Crippen LogP contribution in [0.1, 0.15) is 24.4 Å². The van der Waals surface area contributed by atoms with Crippen molar-refractivity contribution in [2.75, 3.05) is 0 Å². The third-order valence-electron chi connectivity index (χ3n) is 3.61. The Morgan fingerprint density at radius 1 is 1.19 bits per heavy atom. The highest BCUT2D eigenvalue weighted by Gasteiger charge is 2.33. The van der Waals surface area contributed by atoms with E-state index in [1.54, 1.807) is 28.8 Å². The van der Waals surface area contributed by atoms with Crippen molar-refractivity contribution in [3.8, 4) is 0 Å². The van der Waals surface area contributed by atoms with Crippen LogP contribution in [0.15, 0.2) is 47.5 Å². The van der Waals surface area contributed by atoms with E-state index >= 15 is 0 Å². The number of nitrogens with one attached hydrogen (secondary N) is 1. The summed E-state index contributed by atoms with van der Waals surface area (Å²) in [5, 5.41) is 7.52. The molecule has 138 valence electrons. The number of sulfonamides is 1. The minimum Gasteiger partial charge on any atom is -0.285 e. The van der Waals surface area contributed by atoms with Crippen LogP contribution in [0.2, 0.25) is 5.02 Å². The van der Waals surface area contributed by atoms with Gasteiger partial charge in [-0.05, 0) is 37.3 Å². The van der Waals surface area contributed by atoms with Crippen LogP contribution >= 0.6 is 11.6 Å². The fraction of sp³-hybridized carbons (Fsp3) is 0.200. The van der Waals surface area contributed by atoms with Crippen LogP contribution < -0.4 is 4.72 Å². The molecule has 0 radical (unpaired) electrons. The first-order valence-electron chi connectivity index (χ1n) is 7.28. The molecule has 0 aliphatic rings. The van der Waals surface area contributed by atoms with Gasteiger partial charge in [0.1, 0.15) is 4.90 Å². The van der Waals surface area contributed by atoms with Gasteiger partial charge < -0.3 is 0 Å². The lowest BCUT2D eigenvalue weighted by Crippen LogP contribution is -2.28. The van der Waals surface area contributed by atoms with E-state index in [1.807, 2.05) is 0 Å². The third kappa shape index (κ3) is 3.53. The lowest BCUT2D eigenvalue weighted by Gasteiger charge is -2.15. The number of hydrogen-bond acceptors (Lipinski definition) is 4. The van der Waals surface area contributed by atoms with E-state index in [1.165, 1.54) is 6.92 Å². The Morgan fingerprint density at radius 2 is 1.92 bits per heavy atom. The van der Waals surface area contributed by atoms with Crippen molar-refractivity contribution in [3.63, 3.8) is 0 Å². The van der Waals surface area contributed by atoms with Crippen LogP contribution in [0.3, 0.4) is 0 Å². The Labute approximate surface area is 151 Å². The number of nitrogens with zero attached hydrogens (tertiary/aromatic N) is 3. The van der Waals surface area contributed by atoms with E-state index in [2.05, 4.69) is 14.9 Å². The molecule has 0 aliphatic carbocycles. The smallest absolute Gasteiger partial charge is 0.285 e. The van der Waals surface area contributed by atoms with Gasteiger partial charge in [-0.25, -0.2) is 13.1 Å². The van der Waals surface area contributed by atoms with Gasteiger partial charge in [-0.15, -0.1) is 10.2 Å². The topological polar surface area (TPSA) is 76.4 Å². The Hall–Kier alpha value is -2.17. The lowest BCUT2D eigenvalue weighted by atomic mass is 10.2. The molecule has 2 aromatic heterocycles. The maximum Gasteiger partial charge on any atom is 0.416 e. The second kappa shape index (κ2) is 6.53. The zero-order valence-corrected chi connectivity index (χ0v) is 14.8. The van der Waals surface area contributed by atoms with E-state index in [-0.39, 0.29) is 10.8 Å². The van der Waals surface area contributed by atoms with Gasteiger partial charge in [0, 0.05) is 6.20 Å². The summed E-state index contributed by atoms with van der Waals surface area (Å²) in [6, 6.07) is 6.40. The van der Waals surface area contributed by atoms with E-state index in [4.69, 9.17) is 11.6 Å². The van der Waals surface area contributed by atoms with Crippen LogP contribution in [-0.4, -0.2) is 23.0 Å². The number of benzene rings is 1. The largest absolute Gasteiger partial charge is 0.416 e. The molecule has 0 aliphatic heterocycles. The van der Waals surface area contributed by atoms with Crippen molar-refractivity contribution in [2.24, 2.45) is 0 Å². The highest BCUT2D eigenvalue weighted by molar-refractivity contribution is 7.89. The molecule has 1 N–H and O–H groups in total. The van der Waals surface area contributed by atoms with Crippen molar-refractivity contribution in [1.29, 1.82) is 0 Å². The van der Waals surface area contributed by atoms with E-state index in [0.29, 0.717) is 11.7 Å². The first kappa shape index (κ1) is 18.6. The second-order valence-electron chi connectivity index (χ2n) is 5.47. The summed E-state index contributed by atoms with van der Waals surface area (Å²) < 4.78 is 67.6. The SMILES string of the molecule is CC(NS(=O)(=O)c1cc(C(F)(F)F)ccc1Cl)c1nnc2ccccn12. The highest BCUT2D eigenvalue weighted by atomic mass is 35.5. The molecule has 0 amide bonds. The standard InChI is InChI=1S/C15H12ClF3N4O2S/c1-9(14-21-20-13-4-2-3-7-23(13)14)22-26(24,25)12-8-10(15(17,18)19)5-6-11(12)16/h2-9,22H,1H3. The summed E-state index contributed by atoms with van der Waals surface area (Å²) in [4.78, 5) is -0.658. The first-order chi connectivity index (χ1) is 12.1. The number of pyridine rings is 1. The quantitative estimate of drug-likeness (QED) is 0.722. The average Bonchev–Trinajstić information content (AvgIpc) is 2.97. The molecular weight excluding hydrogens is 393 g/mol. The molecule has 3 aromatic rings. The van der Waals surface area contributed by atoms with Gasteiger partial charge in [0.2, 0.25) is 10.0 Å².